The van der Waals surface area contributed by atoms with Crippen molar-refractivity contribution in [2.75, 3.05) is 32.7 Å². The largest absolute Gasteiger partial charge is 0.355 e. The van der Waals surface area contributed by atoms with E-state index in [9.17, 15) is 9.59 Å². The Labute approximate surface area is 173 Å². The zero-order valence-electron chi connectivity index (χ0n) is 18.1. The van der Waals surface area contributed by atoms with Crippen LogP contribution >= 0.6 is 0 Å². The van der Waals surface area contributed by atoms with Gasteiger partial charge in [0, 0.05) is 69.9 Å². The predicted molar refractivity (Wildman–Crippen MR) is 111 cm³/mol. The van der Waals surface area contributed by atoms with Gasteiger partial charge in [0.2, 0.25) is 11.8 Å². The SMILES string of the molecule is CC(C)C(=O)N1CCC[C@@]2(C(=O)NCC3CC3)CN(Cc3cnn(C)c3)C[C@H]2C1. The van der Waals surface area contributed by atoms with Crippen LogP contribution in [0.3, 0.4) is 0 Å². The molecule has 2 saturated heterocycles. The Kier molecular flexibility index (Phi) is 5.69. The van der Waals surface area contributed by atoms with Crippen LogP contribution in [0.25, 0.3) is 0 Å². The molecule has 0 spiro atoms. The second-order valence-electron chi connectivity index (χ2n) is 9.74. The number of hydrogen-bond acceptors (Lipinski definition) is 4. The van der Waals surface area contributed by atoms with E-state index in [0.29, 0.717) is 12.5 Å². The summed E-state index contributed by atoms with van der Waals surface area (Å²) in [6.07, 6.45) is 8.18. The Hall–Kier alpha value is -1.89. The maximum atomic E-state index is 13.4. The summed E-state index contributed by atoms with van der Waals surface area (Å²) in [4.78, 5) is 30.6. The molecule has 0 aromatic carbocycles. The van der Waals surface area contributed by atoms with Crippen molar-refractivity contribution in [3.8, 4) is 0 Å². The minimum atomic E-state index is -0.386. The maximum absolute atomic E-state index is 13.4. The van der Waals surface area contributed by atoms with Gasteiger partial charge in [0.15, 0.2) is 0 Å². The number of aromatic nitrogens is 2. The van der Waals surface area contributed by atoms with E-state index >= 15 is 0 Å². The lowest BCUT2D eigenvalue weighted by Gasteiger charge is -2.33. The van der Waals surface area contributed by atoms with E-state index in [1.807, 2.05) is 42.9 Å². The van der Waals surface area contributed by atoms with Gasteiger partial charge in [-0.05, 0) is 31.6 Å². The molecule has 1 N–H and O–H groups in total. The van der Waals surface area contributed by atoms with Crippen LogP contribution in [0.1, 0.15) is 45.1 Å². The molecular formula is C22H35N5O2. The van der Waals surface area contributed by atoms with Crippen LogP contribution in [-0.2, 0) is 23.2 Å². The van der Waals surface area contributed by atoms with Crippen molar-refractivity contribution in [2.45, 2.75) is 46.1 Å². The van der Waals surface area contributed by atoms with Crippen molar-refractivity contribution >= 4 is 11.8 Å². The Morgan fingerprint density at radius 1 is 1.31 bits per heavy atom. The van der Waals surface area contributed by atoms with Gasteiger partial charge in [0.05, 0.1) is 11.6 Å². The molecule has 2 atom stereocenters. The van der Waals surface area contributed by atoms with E-state index < -0.39 is 0 Å². The number of hydrogen-bond donors (Lipinski definition) is 1. The molecule has 1 saturated carbocycles. The number of rotatable bonds is 6. The summed E-state index contributed by atoms with van der Waals surface area (Å²) in [7, 11) is 1.93. The van der Waals surface area contributed by atoms with Gasteiger partial charge < -0.3 is 10.2 Å². The quantitative estimate of drug-likeness (QED) is 0.787. The van der Waals surface area contributed by atoms with Crippen molar-refractivity contribution in [1.29, 1.82) is 0 Å². The van der Waals surface area contributed by atoms with Crippen molar-refractivity contribution in [2.24, 2.45) is 30.2 Å². The van der Waals surface area contributed by atoms with Crippen molar-refractivity contribution < 1.29 is 9.59 Å². The molecule has 4 rings (SSSR count). The van der Waals surface area contributed by atoms with Gasteiger partial charge in [-0.25, -0.2) is 0 Å². The fourth-order valence-corrected chi connectivity index (χ4v) is 5.14. The van der Waals surface area contributed by atoms with E-state index in [1.165, 1.54) is 18.4 Å². The average Bonchev–Trinajstić information content (AvgIpc) is 3.38. The van der Waals surface area contributed by atoms with Gasteiger partial charge in [-0.3, -0.25) is 19.2 Å². The molecule has 0 radical (unpaired) electrons. The summed E-state index contributed by atoms with van der Waals surface area (Å²) in [5, 5.41) is 7.56. The van der Waals surface area contributed by atoms with E-state index in [2.05, 4.69) is 15.3 Å². The number of amides is 2. The summed E-state index contributed by atoms with van der Waals surface area (Å²) in [5.74, 6) is 1.28. The van der Waals surface area contributed by atoms with Crippen LogP contribution in [0.15, 0.2) is 12.4 Å². The van der Waals surface area contributed by atoms with Crippen LogP contribution < -0.4 is 5.32 Å². The number of aryl methyl sites for hydroxylation is 1. The monoisotopic (exact) mass is 401 g/mol. The van der Waals surface area contributed by atoms with Gasteiger partial charge >= 0.3 is 0 Å². The number of likely N-dealkylation sites (tertiary alicyclic amines) is 2. The molecule has 3 fully saturated rings. The first-order valence-corrected chi connectivity index (χ1v) is 11.1. The summed E-state index contributed by atoms with van der Waals surface area (Å²) in [6, 6.07) is 0. The lowest BCUT2D eigenvalue weighted by molar-refractivity contribution is -0.137. The summed E-state index contributed by atoms with van der Waals surface area (Å²) in [5.41, 5.74) is 0.788. The third-order valence-corrected chi connectivity index (χ3v) is 6.93. The third-order valence-electron chi connectivity index (χ3n) is 6.93. The van der Waals surface area contributed by atoms with E-state index in [1.54, 1.807) is 0 Å². The Balaban J connectivity index is 1.53. The summed E-state index contributed by atoms with van der Waals surface area (Å²) < 4.78 is 1.82. The molecular weight excluding hydrogens is 366 g/mol. The first-order chi connectivity index (χ1) is 13.9. The van der Waals surface area contributed by atoms with Gasteiger partial charge in [-0.2, -0.15) is 5.10 Å². The van der Waals surface area contributed by atoms with Crippen LogP contribution in [0.2, 0.25) is 0 Å². The highest BCUT2D eigenvalue weighted by Gasteiger charge is 2.53. The second-order valence-corrected chi connectivity index (χ2v) is 9.74. The van der Waals surface area contributed by atoms with Crippen LogP contribution in [-0.4, -0.2) is 64.1 Å². The third kappa shape index (κ3) is 4.34. The van der Waals surface area contributed by atoms with Crippen molar-refractivity contribution in [3.05, 3.63) is 18.0 Å². The second kappa shape index (κ2) is 8.09. The normalized spacial score (nSPS) is 27.7. The molecule has 160 valence electrons. The van der Waals surface area contributed by atoms with Crippen LogP contribution in [0.5, 0.6) is 0 Å². The molecule has 2 aliphatic heterocycles. The molecule has 29 heavy (non-hydrogen) atoms. The summed E-state index contributed by atoms with van der Waals surface area (Å²) >= 11 is 0. The number of carbonyl (C=O) groups excluding carboxylic acids is 2. The van der Waals surface area contributed by atoms with Crippen molar-refractivity contribution in [3.63, 3.8) is 0 Å². The first-order valence-electron chi connectivity index (χ1n) is 11.1. The molecule has 0 unspecified atom stereocenters. The molecule has 3 aliphatic rings. The van der Waals surface area contributed by atoms with Crippen LogP contribution in [0, 0.1) is 23.2 Å². The molecule has 7 heteroatoms. The molecule has 1 aliphatic carbocycles. The number of carbonyl (C=O) groups is 2. The molecule has 1 aromatic heterocycles. The highest BCUT2D eigenvalue weighted by atomic mass is 16.2. The maximum Gasteiger partial charge on any atom is 0.227 e. The van der Waals surface area contributed by atoms with E-state index in [0.717, 1.165) is 45.6 Å². The average molecular weight is 402 g/mol. The smallest absolute Gasteiger partial charge is 0.227 e. The minimum absolute atomic E-state index is 0.000840. The molecule has 0 bridgehead atoms. The topological polar surface area (TPSA) is 70.5 Å². The molecule has 3 heterocycles. The van der Waals surface area contributed by atoms with E-state index in [4.69, 9.17) is 0 Å². The highest BCUT2D eigenvalue weighted by molar-refractivity contribution is 5.84. The zero-order chi connectivity index (χ0) is 20.6. The van der Waals surface area contributed by atoms with E-state index in [-0.39, 0.29) is 29.1 Å². The van der Waals surface area contributed by atoms with Crippen LogP contribution in [0.4, 0.5) is 0 Å². The van der Waals surface area contributed by atoms with Gasteiger partial charge in [-0.1, -0.05) is 13.8 Å². The molecule has 2 amide bonds. The van der Waals surface area contributed by atoms with Gasteiger partial charge in [-0.15, -0.1) is 0 Å². The predicted octanol–water partition coefficient (Wildman–Crippen LogP) is 1.64. The first kappa shape index (κ1) is 20.4. The summed E-state index contributed by atoms with van der Waals surface area (Å²) in [6.45, 7) is 8.63. The fourth-order valence-electron chi connectivity index (χ4n) is 5.14. The lowest BCUT2D eigenvalue weighted by atomic mass is 9.74. The molecule has 7 nitrogen and oxygen atoms in total. The Morgan fingerprint density at radius 2 is 2.10 bits per heavy atom. The fraction of sp³-hybridized carbons (Fsp3) is 0.773. The minimum Gasteiger partial charge on any atom is -0.355 e. The van der Waals surface area contributed by atoms with Gasteiger partial charge in [0.1, 0.15) is 0 Å². The number of nitrogens with one attached hydrogen (secondary N) is 1. The Morgan fingerprint density at radius 3 is 2.76 bits per heavy atom. The van der Waals surface area contributed by atoms with Gasteiger partial charge in [0.25, 0.3) is 0 Å². The zero-order valence-corrected chi connectivity index (χ0v) is 18.1. The standard InChI is InChI=1S/C22H35N5O2/c1-16(2)20(28)27-8-4-7-22(21(29)23-9-17-5-6-17)15-26(13-19(22)14-27)12-18-10-24-25(3)11-18/h10-11,16-17,19H,4-9,12-15H2,1-3H3,(H,23,29)/t19-,22+/m0/s1. The highest BCUT2D eigenvalue weighted by Crippen LogP contribution is 2.44. The Bertz CT molecular complexity index is 756. The number of fused-ring (bicyclic) bond motifs is 1. The lowest BCUT2D eigenvalue weighted by Crippen LogP contribution is -2.48. The molecule has 1 aromatic rings. The van der Waals surface area contributed by atoms with Crippen molar-refractivity contribution in [1.82, 2.24) is 24.9 Å². The number of nitrogens with zero attached hydrogens (tertiary/aromatic N) is 4.